The van der Waals surface area contributed by atoms with E-state index < -0.39 is 17.4 Å². The summed E-state index contributed by atoms with van der Waals surface area (Å²) in [7, 11) is 0. The Balaban J connectivity index is 1.79. The lowest BCUT2D eigenvalue weighted by atomic mass is 9.98. The predicted molar refractivity (Wildman–Crippen MR) is 84.1 cm³/mol. The van der Waals surface area contributed by atoms with Crippen molar-refractivity contribution >= 4 is 11.9 Å². The molecule has 1 saturated heterocycles. The third-order valence-corrected chi connectivity index (χ3v) is 4.02. The summed E-state index contributed by atoms with van der Waals surface area (Å²) in [5.41, 5.74) is 0.726. The van der Waals surface area contributed by atoms with Crippen molar-refractivity contribution < 1.29 is 19.4 Å². The number of amides is 1. The molecule has 2 aromatic heterocycles. The van der Waals surface area contributed by atoms with Gasteiger partial charge in [0.1, 0.15) is 0 Å². The van der Waals surface area contributed by atoms with Crippen LogP contribution in [0.1, 0.15) is 28.2 Å². The molecular weight excluding hydrogens is 312 g/mol. The molecule has 0 radical (unpaired) electrons. The molecule has 3 rings (SSSR count). The van der Waals surface area contributed by atoms with Crippen molar-refractivity contribution in [1.82, 2.24) is 20.1 Å². The molecule has 8 nitrogen and oxygen atoms in total. The standard InChI is InChI=1S/C16H18N4O4/c1-10-7-11(2)20(19-10)13-4-3-12(8-17-13)14(21)18-16(15(22)23)5-6-24-9-16/h3-4,7-8H,5-6,9H2,1-2H3,(H,18,21)(H,22,23). The highest BCUT2D eigenvalue weighted by Gasteiger charge is 2.44. The Hall–Kier alpha value is -2.74. The van der Waals surface area contributed by atoms with E-state index in [9.17, 15) is 14.7 Å². The molecule has 8 heteroatoms. The highest BCUT2D eigenvalue weighted by atomic mass is 16.5. The van der Waals surface area contributed by atoms with Gasteiger partial charge in [-0.15, -0.1) is 0 Å². The maximum atomic E-state index is 12.3. The van der Waals surface area contributed by atoms with Crippen LogP contribution >= 0.6 is 0 Å². The van der Waals surface area contributed by atoms with Crippen molar-refractivity contribution in [2.24, 2.45) is 0 Å². The first-order chi connectivity index (χ1) is 11.4. The lowest BCUT2D eigenvalue weighted by Crippen LogP contribution is -2.55. The fraction of sp³-hybridized carbons (Fsp3) is 0.375. The first-order valence-corrected chi connectivity index (χ1v) is 7.55. The molecule has 0 aromatic carbocycles. The third-order valence-electron chi connectivity index (χ3n) is 4.02. The van der Waals surface area contributed by atoms with Crippen molar-refractivity contribution in [2.45, 2.75) is 25.8 Å². The van der Waals surface area contributed by atoms with E-state index in [-0.39, 0.29) is 18.6 Å². The number of pyridine rings is 1. The summed E-state index contributed by atoms with van der Waals surface area (Å²) in [5, 5.41) is 16.3. The van der Waals surface area contributed by atoms with Gasteiger partial charge < -0.3 is 15.2 Å². The number of carboxylic acids is 1. The van der Waals surface area contributed by atoms with E-state index in [2.05, 4.69) is 15.4 Å². The van der Waals surface area contributed by atoms with Gasteiger partial charge in [0.15, 0.2) is 11.4 Å². The van der Waals surface area contributed by atoms with Gasteiger partial charge in [0, 0.05) is 24.9 Å². The summed E-state index contributed by atoms with van der Waals surface area (Å²) in [5.74, 6) is -0.995. The van der Waals surface area contributed by atoms with Crippen molar-refractivity contribution in [2.75, 3.05) is 13.2 Å². The fourth-order valence-electron chi connectivity index (χ4n) is 2.68. The first kappa shape index (κ1) is 16.1. The molecule has 1 unspecified atom stereocenters. The quantitative estimate of drug-likeness (QED) is 0.861. The minimum Gasteiger partial charge on any atom is -0.479 e. The number of rotatable bonds is 4. The van der Waals surface area contributed by atoms with Crippen LogP contribution in [0.2, 0.25) is 0 Å². The Labute approximate surface area is 138 Å². The molecule has 1 aliphatic rings. The summed E-state index contributed by atoms with van der Waals surface area (Å²) in [4.78, 5) is 28.0. The molecule has 0 bridgehead atoms. The minimum atomic E-state index is -1.37. The Morgan fingerprint density at radius 1 is 1.38 bits per heavy atom. The number of nitrogens with zero attached hydrogens (tertiary/aromatic N) is 3. The number of carbonyl (C=O) groups excluding carboxylic acids is 1. The highest BCUT2D eigenvalue weighted by Crippen LogP contribution is 2.20. The van der Waals surface area contributed by atoms with Gasteiger partial charge >= 0.3 is 5.97 Å². The topological polar surface area (TPSA) is 106 Å². The third kappa shape index (κ3) is 2.88. The van der Waals surface area contributed by atoms with Crippen LogP contribution in [0.4, 0.5) is 0 Å². The van der Waals surface area contributed by atoms with Gasteiger partial charge in [-0.05, 0) is 32.0 Å². The lowest BCUT2D eigenvalue weighted by molar-refractivity contribution is -0.144. The Bertz CT molecular complexity index is 776. The van der Waals surface area contributed by atoms with Crippen LogP contribution in [0.3, 0.4) is 0 Å². The monoisotopic (exact) mass is 330 g/mol. The lowest BCUT2D eigenvalue weighted by Gasteiger charge is -2.23. The number of hydrogen-bond acceptors (Lipinski definition) is 5. The second-order valence-electron chi connectivity index (χ2n) is 5.89. The zero-order chi connectivity index (χ0) is 17.3. The van der Waals surface area contributed by atoms with E-state index in [1.807, 2.05) is 19.9 Å². The van der Waals surface area contributed by atoms with E-state index in [1.165, 1.54) is 6.20 Å². The predicted octanol–water partition coefficient (Wildman–Crippen LogP) is 0.858. The van der Waals surface area contributed by atoms with Gasteiger partial charge in [-0.3, -0.25) is 4.79 Å². The van der Waals surface area contributed by atoms with Gasteiger partial charge in [-0.1, -0.05) is 0 Å². The van der Waals surface area contributed by atoms with Crippen LogP contribution in [0.5, 0.6) is 0 Å². The molecule has 24 heavy (non-hydrogen) atoms. The maximum absolute atomic E-state index is 12.3. The van der Waals surface area contributed by atoms with Crippen LogP contribution < -0.4 is 5.32 Å². The van der Waals surface area contributed by atoms with E-state index in [1.54, 1.807) is 16.8 Å². The van der Waals surface area contributed by atoms with Crippen molar-refractivity contribution in [1.29, 1.82) is 0 Å². The van der Waals surface area contributed by atoms with E-state index in [0.717, 1.165) is 11.4 Å². The normalized spacial score (nSPS) is 20.1. The van der Waals surface area contributed by atoms with E-state index >= 15 is 0 Å². The summed E-state index contributed by atoms with van der Waals surface area (Å²) in [6.07, 6.45) is 1.65. The van der Waals surface area contributed by atoms with Gasteiger partial charge in [-0.25, -0.2) is 14.5 Å². The van der Waals surface area contributed by atoms with Crippen molar-refractivity contribution in [3.63, 3.8) is 0 Å². The number of aliphatic carboxylic acids is 1. The second-order valence-corrected chi connectivity index (χ2v) is 5.89. The van der Waals surface area contributed by atoms with Crippen molar-refractivity contribution in [3.8, 4) is 5.82 Å². The van der Waals surface area contributed by atoms with Gasteiger partial charge in [0.25, 0.3) is 5.91 Å². The summed E-state index contributed by atoms with van der Waals surface area (Å²) in [6, 6.07) is 5.20. The number of carbonyl (C=O) groups is 2. The maximum Gasteiger partial charge on any atom is 0.331 e. The number of aromatic nitrogens is 3. The van der Waals surface area contributed by atoms with Gasteiger partial charge in [0.2, 0.25) is 0 Å². The number of ether oxygens (including phenoxy) is 1. The van der Waals surface area contributed by atoms with Gasteiger partial charge in [0.05, 0.1) is 17.9 Å². The summed E-state index contributed by atoms with van der Waals surface area (Å²) in [6.45, 7) is 4.08. The average molecular weight is 330 g/mol. The molecule has 0 aliphatic carbocycles. The smallest absolute Gasteiger partial charge is 0.331 e. The molecule has 1 atom stereocenters. The van der Waals surface area contributed by atoms with E-state index in [0.29, 0.717) is 12.4 Å². The highest BCUT2D eigenvalue weighted by molar-refractivity contribution is 5.97. The molecule has 1 fully saturated rings. The van der Waals surface area contributed by atoms with Crippen LogP contribution in [0.25, 0.3) is 5.82 Å². The fourth-order valence-corrected chi connectivity index (χ4v) is 2.68. The summed E-state index contributed by atoms with van der Waals surface area (Å²) < 4.78 is 6.81. The molecule has 126 valence electrons. The molecule has 0 saturated carbocycles. The number of carboxylic acid groups (broad SMARTS) is 1. The summed E-state index contributed by atoms with van der Waals surface area (Å²) >= 11 is 0. The number of nitrogens with one attached hydrogen (secondary N) is 1. The van der Waals surface area contributed by atoms with Crippen LogP contribution in [0.15, 0.2) is 24.4 Å². The molecule has 3 heterocycles. The van der Waals surface area contributed by atoms with Crippen LogP contribution in [0, 0.1) is 13.8 Å². The molecular formula is C16H18N4O4. The molecule has 2 aromatic rings. The largest absolute Gasteiger partial charge is 0.479 e. The average Bonchev–Trinajstić information content (AvgIpc) is 3.15. The SMILES string of the molecule is Cc1cc(C)n(-c2ccc(C(=O)NC3(C(=O)O)CCOC3)cn2)n1. The Morgan fingerprint density at radius 2 is 2.17 bits per heavy atom. The van der Waals surface area contributed by atoms with E-state index in [4.69, 9.17) is 4.74 Å². The number of hydrogen-bond donors (Lipinski definition) is 2. The molecule has 1 aliphatic heterocycles. The minimum absolute atomic E-state index is 0.0364. The van der Waals surface area contributed by atoms with Gasteiger partial charge in [-0.2, -0.15) is 5.10 Å². The molecule has 0 spiro atoms. The number of aryl methyl sites for hydroxylation is 2. The first-order valence-electron chi connectivity index (χ1n) is 7.55. The zero-order valence-electron chi connectivity index (χ0n) is 13.4. The Morgan fingerprint density at radius 3 is 2.67 bits per heavy atom. The Kier molecular flexibility index (Phi) is 4.06. The molecule has 2 N–H and O–H groups in total. The van der Waals surface area contributed by atoms with Crippen LogP contribution in [-0.2, 0) is 9.53 Å². The second kappa shape index (κ2) is 6.04. The zero-order valence-corrected chi connectivity index (χ0v) is 13.4. The molecule has 1 amide bonds. The van der Waals surface area contributed by atoms with Crippen molar-refractivity contribution in [3.05, 3.63) is 41.3 Å². The van der Waals surface area contributed by atoms with Crippen LogP contribution in [-0.4, -0.2) is 50.5 Å².